The molecule has 2 amide bonds. The molecular formula is C23H24ClN3O5. The van der Waals surface area contributed by atoms with E-state index in [-0.39, 0.29) is 25.7 Å². The topological polar surface area (TPSA) is 136 Å². The van der Waals surface area contributed by atoms with Crippen LogP contribution in [0.2, 0.25) is 5.02 Å². The molecule has 0 saturated heterocycles. The minimum Gasteiger partial charge on any atom is -0.481 e. The number of nitrogens with two attached hydrogens (primary N) is 1. The molecule has 1 atom stereocenters. The summed E-state index contributed by atoms with van der Waals surface area (Å²) >= 11 is 6.03. The van der Waals surface area contributed by atoms with Crippen molar-refractivity contribution in [3.05, 3.63) is 77.2 Å². The number of carboxylic acid groups (broad SMARTS) is 1. The predicted octanol–water partition coefficient (Wildman–Crippen LogP) is 3.38. The lowest BCUT2D eigenvalue weighted by Crippen LogP contribution is -2.44. The van der Waals surface area contributed by atoms with Gasteiger partial charge in [-0.3, -0.25) is 14.4 Å². The van der Waals surface area contributed by atoms with Gasteiger partial charge in [-0.2, -0.15) is 0 Å². The molecule has 0 spiro atoms. The van der Waals surface area contributed by atoms with E-state index in [0.717, 1.165) is 11.1 Å². The summed E-state index contributed by atoms with van der Waals surface area (Å²) in [6, 6.07) is 8.08. The zero-order chi connectivity index (χ0) is 23.5. The number of nitrogens with one attached hydrogen (secondary N) is 1. The first-order valence-corrected chi connectivity index (χ1v) is 10.2. The minimum absolute atomic E-state index is 0.0322. The zero-order valence-corrected chi connectivity index (χ0v) is 18.0. The minimum atomic E-state index is -1.07. The fourth-order valence-electron chi connectivity index (χ4n) is 2.78. The highest BCUT2D eigenvalue weighted by molar-refractivity contribution is 6.30. The Morgan fingerprint density at radius 3 is 2.72 bits per heavy atom. The van der Waals surface area contributed by atoms with Crippen molar-refractivity contribution >= 4 is 41.0 Å². The van der Waals surface area contributed by atoms with Gasteiger partial charge in [0.2, 0.25) is 11.8 Å². The van der Waals surface area contributed by atoms with Crippen molar-refractivity contribution in [3.63, 3.8) is 0 Å². The molecular weight excluding hydrogens is 434 g/mol. The monoisotopic (exact) mass is 457 g/mol. The van der Waals surface area contributed by atoms with Crippen molar-refractivity contribution in [3.8, 4) is 0 Å². The van der Waals surface area contributed by atoms with E-state index in [9.17, 15) is 14.4 Å². The molecule has 1 aromatic carbocycles. The SMILES string of the molecule is C=CC(=CC=Cc1cc(CCC(=O)N[C@@H](CCC(=O)O)C(N)=O)on1)c1cccc(Cl)c1. The highest BCUT2D eigenvalue weighted by atomic mass is 35.5. The average Bonchev–Trinajstić information content (AvgIpc) is 3.20. The number of allylic oxidation sites excluding steroid dienone is 4. The van der Waals surface area contributed by atoms with Gasteiger partial charge in [0.05, 0.1) is 0 Å². The molecule has 0 radical (unpaired) electrons. The lowest BCUT2D eigenvalue weighted by atomic mass is 10.1. The number of hydrogen-bond donors (Lipinski definition) is 3. The molecule has 0 aliphatic carbocycles. The first kappa shape index (κ1) is 24.6. The van der Waals surface area contributed by atoms with E-state index in [1.165, 1.54) is 0 Å². The van der Waals surface area contributed by atoms with Gasteiger partial charge in [0.1, 0.15) is 17.5 Å². The van der Waals surface area contributed by atoms with E-state index < -0.39 is 23.8 Å². The number of benzene rings is 1. The van der Waals surface area contributed by atoms with Gasteiger partial charge in [0.15, 0.2) is 0 Å². The fourth-order valence-corrected chi connectivity index (χ4v) is 2.97. The van der Waals surface area contributed by atoms with Crippen LogP contribution >= 0.6 is 11.6 Å². The summed E-state index contributed by atoms with van der Waals surface area (Å²) in [6.45, 7) is 3.81. The van der Waals surface area contributed by atoms with Crippen LogP contribution in [-0.4, -0.2) is 34.1 Å². The van der Waals surface area contributed by atoms with Crippen LogP contribution in [0.25, 0.3) is 11.6 Å². The molecule has 1 aromatic heterocycles. The molecule has 0 bridgehead atoms. The normalized spacial score (nSPS) is 12.5. The van der Waals surface area contributed by atoms with E-state index in [1.54, 1.807) is 30.4 Å². The molecule has 168 valence electrons. The first-order valence-electron chi connectivity index (χ1n) is 9.81. The van der Waals surface area contributed by atoms with E-state index in [2.05, 4.69) is 17.1 Å². The maximum absolute atomic E-state index is 12.1. The lowest BCUT2D eigenvalue weighted by molar-refractivity contribution is -0.137. The van der Waals surface area contributed by atoms with E-state index in [1.807, 2.05) is 24.3 Å². The average molecular weight is 458 g/mol. The molecule has 8 nitrogen and oxygen atoms in total. The number of hydrogen-bond acceptors (Lipinski definition) is 5. The number of carbonyl (C=O) groups is 3. The number of rotatable bonds is 12. The van der Waals surface area contributed by atoms with Crippen LogP contribution in [0.4, 0.5) is 0 Å². The third kappa shape index (κ3) is 8.23. The van der Waals surface area contributed by atoms with Gasteiger partial charge < -0.3 is 20.7 Å². The van der Waals surface area contributed by atoms with Gasteiger partial charge in [0, 0.05) is 30.4 Å². The summed E-state index contributed by atoms with van der Waals surface area (Å²) in [5.41, 5.74) is 7.59. The molecule has 2 aromatic rings. The number of aryl methyl sites for hydroxylation is 1. The number of aliphatic carboxylic acids is 1. The van der Waals surface area contributed by atoms with E-state index in [0.29, 0.717) is 16.5 Å². The number of carbonyl (C=O) groups excluding carboxylic acids is 2. The number of carboxylic acids is 1. The highest BCUT2D eigenvalue weighted by Crippen LogP contribution is 2.20. The second-order valence-electron chi connectivity index (χ2n) is 6.87. The van der Waals surface area contributed by atoms with Crippen molar-refractivity contribution in [1.29, 1.82) is 0 Å². The first-order chi connectivity index (χ1) is 15.3. The third-order valence-corrected chi connectivity index (χ3v) is 4.66. The number of aromatic nitrogens is 1. The Hall–Kier alpha value is -3.65. The van der Waals surface area contributed by atoms with Crippen LogP contribution in [0, 0.1) is 0 Å². The van der Waals surface area contributed by atoms with Crippen molar-refractivity contribution in [2.75, 3.05) is 0 Å². The summed E-state index contributed by atoms with van der Waals surface area (Å²) < 4.78 is 5.22. The maximum atomic E-state index is 12.1. The second-order valence-corrected chi connectivity index (χ2v) is 7.31. The van der Waals surface area contributed by atoms with Crippen LogP contribution in [0.1, 0.15) is 36.3 Å². The van der Waals surface area contributed by atoms with Crippen molar-refractivity contribution < 1.29 is 24.0 Å². The Balaban J connectivity index is 1.90. The van der Waals surface area contributed by atoms with Crippen LogP contribution in [0.3, 0.4) is 0 Å². The van der Waals surface area contributed by atoms with Gasteiger partial charge >= 0.3 is 5.97 Å². The van der Waals surface area contributed by atoms with E-state index >= 15 is 0 Å². The molecule has 1 heterocycles. The smallest absolute Gasteiger partial charge is 0.303 e. The summed E-state index contributed by atoms with van der Waals surface area (Å²) in [4.78, 5) is 34.1. The third-order valence-electron chi connectivity index (χ3n) is 4.42. The van der Waals surface area contributed by atoms with Crippen molar-refractivity contribution in [1.82, 2.24) is 10.5 Å². The summed E-state index contributed by atoms with van der Waals surface area (Å²) in [5, 5.41) is 15.7. The van der Waals surface area contributed by atoms with Gasteiger partial charge in [-0.15, -0.1) is 0 Å². The number of amides is 2. The second kappa shape index (κ2) is 12.3. The van der Waals surface area contributed by atoms with Crippen LogP contribution < -0.4 is 11.1 Å². The van der Waals surface area contributed by atoms with Gasteiger partial charge in [-0.05, 0) is 35.8 Å². The Bertz CT molecular complexity index is 1040. The molecule has 2 rings (SSSR count). The standard InChI is InChI=1S/C23H24ClN3O5/c1-2-15(16-6-3-7-17(24)13-16)5-4-8-18-14-19(32-27-18)9-11-21(28)26-20(23(25)31)10-12-22(29)30/h2-8,13-14,20H,1,9-12H2,(H2,25,31)(H,26,28)(H,29,30)/t20-/m0/s1. The van der Waals surface area contributed by atoms with Gasteiger partial charge in [-0.1, -0.05) is 53.7 Å². The number of halogens is 1. The molecule has 0 aliphatic heterocycles. The van der Waals surface area contributed by atoms with Crippen LogP contribution in [0.15, 0.2) is 59.7 Å². The molecule has 4 N–H and O–H groups in total. The highest BCUT2D eigenvalue weighted by Gasteiger charge is 2.19. The van der Waals surface area contributed by atoms with Crippen molar-refractivity contribution in [2.24, 2.45) is 5.73 Å². The van der Waals surface area contributed by atoms with Crippen LogP contribution in [0.5, 0.6) is 0 Å². The molecule has 9 heteroatoms. The maximum Gasteiger partial charge on any atom is 0.303 e. The summed E-state index contributed by atoms with van der Waals surface area (Å²) in [7, 11) is 0. The Morgan fingerprint density at radius 2 is 2.06 bits per heavy atom. The Kier molecular flexibility index (Phi) is 9.43. The quantitative estimate of drug-likeness (QED) is 0.418. The fraction of sp³-hybridized carbons (Fsp3) is 0.217. The van der Waals surface area contributed by atoms with Gasteiger partial charge in [-0.25, -0.2) is 0 Å². The van der Waals surface area contributed by atoms with Crippen LogP contribution in [-0.2, 0) is 20.8 Å². The predicted molar refractivity (Wildman–Crippen MR) is 121 cm³/mol. The molecule has 0 fully saturated rings. The Labute approximate surface area is 190 Å². The molecule has 32 heavy (non-hydrogen) atoms. The largest absolute Gasteiger partial charge is 0.481 e. The lowest BCUT2D eigenvalue weighted by Gasteiger charge is -2.14. The summed E-state index contributed by atoms with van der Waals surface area (Å²) in [5.74, 6) is -1.80. The van der Waals surface area contributed by atoms with Gasteiger partial charge in [0.25, 0.3) is 0 Å². The number of nitrogens with zero attached hydrogens (tertiary/aromatic N) is 1. The Morgan fingerprint density at radius 1 is 1.28 bits per heavy atom. The summed E-state index contributed by atoms with van der Waals surface area (Å²) in [6.07, 6.45) is 7.08. The molecule has 0 saturated carbocycles. The molecule has 0 aliphatic rings. The van der Waals surface area contributed by atoms with E-state index in [4.69, 9.17) is 27.0 Å². The number of primary amides is 1. The van der Waals surface area contributed by atoms with Crippen molar-refractivity contribution in [2.45, 2.75) is 31.7 Å². The zero-order valence-electron chi connectivity index (χ0n) is 17.3. The molecule has 0 unspecified atom stereocenters.